The molecule has 0 aliphatic heterocycles. The molecule has 0 radical (unpaired) electrons. The molecule has 0 aliphatic carbocycles. The van der Waals surface area contributed by atoms with Crippen molar-refractivity contribution in [3.05, 3.63) is 28.5 Å². The molecule has 0 fully saturated rings. The molecule has 0 bridgehead atoms. The third-order valence-electron chi connectivity index (χ3n) is 1.84. The SMILES string of the molecule is CC(N)CCNC(=O)C=Cc1cccs1. The third kappa shape index (κ3) is 5.34. The summed E-state index contributed by atoms with van der Waals surface area (Å²) >= 11 is 1.61. The van der Waals surface area contributed by atoms with Gasteiger partial charge in [-0.25, -0.2) is 0 Å². The lowest BCUT2D eigenvalue weighted by molar-refractivity contribution is -0.116. The Kier molecular flexibility index (Phi) is 5.07. The first-order valence-electron chi connectivity index (χ1n) is 4.93. The smallest absolute Gasteiger partial charge is 0.244 e. The molecule has 0 aliphatic rings. The van der Waals surface area contributed by atoms with Crippen molar-refractivity contribution in [2.45, 2.75) is 19.4 Å². The van der Waals surface area contributed by atoms with Crippen LogP contribution in [0.25, 0.3) is 6.08 Å². The topological polar surface area (TPSA) is 55.1 Å². The van der Waals surface area contributed by atoms with E-state index in [9.17, 15) is 4.79 Å². The first kappa shape index (κ1) is 11.9. The molecular weight excluding hydrogens is 208 g/mol. The molecule has 1 rings (SSSR count). The normalized spacial score (nSPS) is 12.9. The fourth-order valence-electron chi connectivity index (χ4n) is 1.03. The van der Waals surface area contributed by atoms with Gasteiger partial charge in [0.15, 0.2) is 0 Å². The minimum absolute atomic E-state index is 0.0657. The average Bonchev–Trinajstić information content (AvgIpc) is 2.66. The molecule has 3 N–H and O–H groups in total. The van der Waals surface area contributed by atoms with Crippen molar-refractivity contribution in [1.29, 1.82) is 0 Å². The summed E-state index contributed by atoms with van der Waals surface area (Å²) in [4.78, 5) is 12.4. The predicted molar refractivity (Wildman–Crippen MR) is 64.6 cm³/mol. The average molecular weight is 224 g/mol. The second-order valence-electron chi connectivity index (χ2n) is 3.41. The van der Waals surface area contributed by atoms with Crippen LogP contribution in [-0.4, -0.2) is 18.5 Å². The first-order chi connectivity index (χ1) is 7.18. The lowest BCUT2D eigenvalue weighted by Gasteiger charge is -2.04. The van der Waals surface area contributed by atoms with Crippen LogP contribution in [0, 0.1) is 0 Å². The monoisotopic (exact) mass is 224 g/mol. The lowest BCUT2D eigenvalue weighted by Crippen LogP contribution is -2.27. The van der Waals surface area contributed by atoms with E-state index < -0.39 is 0 Å². The Bertz CT molecular complexity index is 317. The summed E-state index contributed by atoms with van der Waals surface area (Å²) < 4.78 is 0. The van der Waals surface area contributed by atoms with Crippen LogP contribution in [0.1, 0.15) is 18.2 Å². The number of hydrogen-bond donors (Lipinski definition) is 2. The summed E-state index contributed by atoms with van der Waals surface area (Å²) in [6.07, 6.45) is 4.16. The van der Waals surface area contributed by atoms with Crippen LogP contribution in [0.2, 0.25) is 0 Å². The van der Waals surface area contributed by atoms with E-state index in [0.717, 1.165) is 11.3 Å². The fourth-order valence-corrected chi connectivity index (χ4v) is 1.64. The van der Waals surface area contributed by atoms with Gasteiger partial charge in [-0.1, -0.05) is 6.07 Å². The van der Waals surface area contributed by atoms with Crippen molar-refractivity contribution in [3.8, 4) is 0 Å². The summed E-state index contributed by atoms with van der Waals surface area (Å²) in [5, 5.41) is 4.76. The van der Waals surface area contributed by atoms with Gasteiger partial charge in [-0.15, -0.1) is 11.3 Å². The molecule has 0 spiro atoms. The summed E-state index contributed by atoms with van der Waals surface area (Å²) in [6, 6.07) is 4.06. The van der Waals surface area contributed by atoms with E-state index in [4.69, 9.17) is 5.73 Å². The predicted octanol–water partition coefficient (Wildman–Crippen LogP) is 1.61. The number of carbonyl (C=O) groups is 1. The number of thiophene rings is 1. The van der Waals surface area contributed by atoms with Crippen molar-refractivity contribution in [2.24, 2.45) is 5.73 Å². The molecule has 82 valence electrons. The van der Waals surface area contributed by atoms with Crippen molar-refractivity contribution < 1.29 is 4.79 Å². The molecule has 0 aromatic carbocycles. The summed E-state index contributed by atoms with van der Waals surface area (Å²) in [6.45, 7) is 2.55. The Morgan fingerprint density at radius 1 is 1.73 bits per heavy atom. The third-order valence-corrected chi connectivity index (χ3v) is 2.68. The van der Waals surface area contributed by atoms with Crippen LogP contribution in [0.5, 0.6) is 0 Å². The molecule has 15 heavy (non-hydrogen) atoms. The van der Waals surface area contributed by atoms with Gasteiger partial charge in [0.1, 0.15) is 0 Å². The van der Waals surface area contributed by atoms with Crippen LogP contribution in [-0.2, 0) is 4.79 Å². The number of nitrogens with one attached hydrogen (secondary N) is 1. The maximum atomic E-state index is 11.3. The van der Waals surface area contributed by atoms with Gasteiger partial charge in [-0.05, 0) is 30.9 Å². The maximum absolute atomic E-state index is 11.3. The number of nitrogens with two attached hydrogens (primary N) is 1. The van der Waals surface area contributed by atoms with E-state index in [1.54, 1.807) is 17.4 Å². The van der Waals surface area contributed by atoms with Gasteiger partial charge in [0.25, 0.3) is 0 Å². The first-order valence-corrected chi connectivity index (χ1v) is 5.81. The molecule has 0 saturated heterocycles. The van der Waals surface area contributed by atoms with E-state index in [1.807, 2.05) is 30.5 Å². The molecule has 1 aromatic rings. The molecular formula is C11H16N2OS. The van der Waals surface area contributed by atoms with Gasteiger partial charge in [-0.2, -0.15) is 0 Å². The van der Waals surface area contributed by atoms with E-state index in [-0.39, 0.29) is 11.9 Å². The molecule has 4 heteroatoms. The van der Waals surface area contributed by atoms with Gasteiger partial charge in [-0.3, -0.25) is 4.79 Å². The van der Waals surface area contributed by atoms with Crippen LogP contribution >= 0.6 is 11.3 Å². The van der Waals surface area contributed by atoms with E-state index >= 15 is 0 Å². The molecule has 3 nitrogen and oxygen atoms in total. The van der Waals surface area contributed by atoms with Gasteiger partial charge in [0.05, 0.1) is 0 Å². The Morgan fingerprint density at radius 2 is 2.53 bits per heavy atom. The molecule has 1 unspecified atom stereocenters. The second kappa shape index (κ2) is 6.37. The van der Waals surface area contributed by atoms with Crippen molar-refractivity contribution in [3.63, 3.8) is 0 Å². The highest BCUT2D eigenvalue weighted by atomic mass is 32.1. The minimum Gasteiger partial charge on any atom is -0.352 e. The highest BCUT2D eigenvalue weighted by Gasteiger charge is 1.97. The second-order valence-corrected chi connectivity index (χ2v) is 4.39. The largest absolute Gasteiger partial charge is 0.352 e. The van der Waals surface area contributed by atoms with Crippen molar-refractivity contribution >= 4 is 23.3 Å². The van der Waals surface area contributed by atoms with E-state index in [2.05, 4.69) is 5.32 Å². The zero-order valence-corrected chi connectivity index (χ0v) is 9.59. The Morgan fingerprint density at radius 3 is 3.13 bits per heavy atom. The minimum atomic E-state index is -0.0657. The number of carbonyl (C=O) groups excluding carboxylic acids is 1. The highest BCUT2D eigenvalue weighted by Crippen LogP contribution is 2.09. The number of hydrogen-bond acceptors (Lipinski definition) is 3. The number of rotatable bonds is 5. The summed E-state index contributed by atoms with van der Waals surface area (Å²) in [7, 11) is 0. The van der Waals surface area contributed by atoms with Gasteiger partial charge < -0.3 is 11.1 Å². The Balaban J connectivity index is 2.24. The van der Waals surface area contributed by atoms with E-state index in [1.165, 1.54) is 0 Å². The van der Waals surface area contributed by atoms with Crippen LogP contribution in [0.3, 0.4) is 0 Å². The Labute approximate surface area is 94.0 Å². The summed E-state index contributed by atoms with van der Waals surface area (Å²) in [5.74, 6) is -0.0657. The van der Waals surface area contributed by atoms with Crippen LogP contribution < -0.4 is 11.1 Å². The highest BCUT2D eigenvalue weighted by molar-refractivity contribution is 7.10. The fraction of sp³-hybridized carbons (Fsp3) is 0.364. The molecule has 0 saturated carbocycles. The summed E-state index contributed by atoms with van der Waals surface area (Å²) in [5.41, 5.74) is 5.56. The standard InChI is InChI=1S/C11H16N2OS/c1-9(12)6-7-13-11(14)5-4-10-3-2-8-15-10/h2-5,8-9H,6-7,12H2,1H3,(H,13,14). The quantitative estimate of drug-likeness (QED) is 0.747. The van der Waals surface area contributed by atoms with E-state index in [0.29, 0.717) is 6.54 Å². The molecule has 1 atom stereocenters. The van der Waals surface area contributed by atoms with Crippen molar-refractivity contribution in [2.75, 3.05) is 6.54 Å². The zero-order chi connectivity index (χ0) is 11.1. The molecule has 1 aromatic heterocycles. The molecule has 1 amide bonds. The van der Waals surface area contributed by atoms with Crippen LogP contribution in [0.15, 0.2) is 23.6 Å². The van der Waals surface area contributed by atoms with Crippen molar-refractivity contribution in [1.82, 2.24) is 5.32 Å². The lowest BCUT2D eigenvalue weighted by atomic mass is 10.2. The Hall–Kier alpha value is -1.13. The van der Waals surface area contributed by atoms with Gasteiger partial charge in [0, 0.05) is 23.5 Å². The molecule has 1 heterocycles. The van der Waals surface area contributed by atoms with Gasteiger partial charge >= 0.3 is 0 Å². The zero-order valence-electron chi connectivity index (χ0n) is 8.77. The number of amides is 1. The maximum Gasteiger partial charge on any atom is 0.244 e. The van der Waals surface area contributed by atoms with Gasteiger partial charge in [0.2, 0.25) is 5.91 Å². The van der Waals surface area contributed by atoms with Crippen LogP contribution in [0.4, 0.5) is 0 Å².